The minimum atomic E-state index is 0.0570. The third-order valence-corrected chi connectivity index (χ3v) is 6.16. The largest absolute Gasteiger partial charge is 0.493 e. The summed E-state index contributed by atoms with van der Waals surface area (Å²) in [4.78, 5) is 20.7. The standard InChI is InChI=1S/C25H31N3O4/c1-16-12-17(2)19-14-21(26-20(19)13-16)25(29)28-10-8-27(9-11-28)15-18-6-7-22(30-3)24(32-5)23(18)31-4/h6-7,12-14,26H,8-11,15H2,1-5H3. The van der Waals surface area contributed by atoms with E-state index >= 15 is 0 Å². The van der Waals surface area contributed by atoms with Crippen LogP contribution < -0.4 is 14.2 Å². The third-order valence-electron chi connectivity index (χ3n) is 6.16. The summed E-state index contributed by atoms with van der Waals surface area (Å²) in [6.45, 7) is 7.82. The number of hydrogen-bond acceptors (Lipinski definition) is 5. The fraction of sp³-hybridized carbons (Fsp3) is 0.400. The lowest BCUT2D eigenvalue weighted by molar-refractivity contribution is 0.0622. The zero-order chi connectivity index (χ0) is 22.8. The zero-order valence-corrected chi connectivity index (χ0v) is 19.4. The van der Waals surface area contributed by atoms with Crippen molar-refractivity contribution in [1.82, 2.24) is 14.8 Å². The molecule has 32 heavy (non-hydrogen) atoms. The number of hydrogen-bond donors (Lipinski definition) is 1. The molecule has 3 aromatic rings. The molecule has 1 aromatic heterocycles. The number of carbonyl (C=O) groups is 1. The number of nitrogens with zero attached hydrogens (tertiary/aromatic N) is 2. The molecule has 2 heterocycles. The number of aromatic nitrogens is 1. The molecule has 0 unspecified atom stereocenters. The first-order chi connectivity index (χ1) is 15.4. The number of piperazine rings is 1. The van der Waals surface area contributed by atoms with Crippen molar-refractivity contribution in [2.45, 2.75) is 20.4 Å². The van der Waals surface area contributed by atoms with Crippen LogP contribution in [0.15, 0.2) is 30.3 Å². The van der Waals surface area contributed by atoms with Crippen LogP contribution in [0.4, 0.5) is 0 Å². The topological polar surface area (TPSA) is 67.0 Å². The molecular weight excluding hydrogens is 406 g/mol. The van der Waals surface area contributed by atoms with Crippen LogP contribution >= 0.6 is 0 Å². The number of benzene rings is 2. The normalized spacial score (nSPS) is 14.6. The van der Waals surface area contributed by atoms with Crippen molar-refractivity contribution in [2.24, 2.45) is 0 Å². The lowest BCUT2D eigenvalue weighted by Gasteiger charge is -2.34. The second kappa shape index (κ2) is 9.12. The fourth-order valence-electron chi connectivity index (χ4n) is 4.52. The highest BCUT2D eigenvalue weighted by molar-refractivity contribution is 5.99. The monoisotopic (exact) mass is 437 g/mol. The van der Waals surface area contributed by atoms with Gasteiger partial charge in [-0.05, 0) is 43.2 Å². The minimum Gasteiger partial charge on any atom is -0.493 e. The summed E-state index contributed by atoms with van der Waals surface area (Å²) >= 11 is 0. The third kappa shape index (κ3) is 4.12. The van der Waals surface area contributed by atoms with Crippen molar-refractivity contribution in [3.8, 4) is 17.2 Å². The molecule has 7 nitrogen and oxygen atoms in total. The molecule has 1 aliphatic heterocycles. The molecule has 0 saturated carbocycles. The van der Waals surface area contributed by atoms with Gasteiger partial charge in [0.1, 0.15) is 5.69 Å². The first kappa shape index (κ1) is 22.0. The number of amides is 1. The molecule has 1 fully saturated rings. The van der Waals surface area contributed by atoms with Gasteiger partial charge in [0.05, 0.1) is 21.3 Å². The van der Waals surface area contributed by atoms with Crippen LogP contribution in [0.1, 0.15) is 27.2 Å². The average Bonchev–Trinajstić information content (AvgIpc) is 3.23. The Bertz CT molecular complexity index is 1130. The van der Waals surface area contributed by atoms with E-state index in [0.717, 1.165) is 36.1 Å². The van der Waals surface area contributed by atoms with Crippen LogP contribution in [0.2, 0.25) is 0 Å². The molecule has 0 bridgehead atoms. The summed E-state index contributed by atoms with van der Waals surface area (Å²) in [7, 11) is 4.87. The van der Waals surface area contributed by atoms with Gasteiger partial charge in [-0.25, -0.2) is 0 Å². The zero-order valence-electron chi connectivity index (χ0n) is 19.4. The van der Waals surface area contributed by atoms with Crippen LogP contribution in [0.5, 0.6) is 17.2 Å². The van der Waals surface area contributed by atoms with Gasteiger partial charge < -0.3 is 24.1 Å². The number of methoxy groups -OCH3 is 3. The SMILES string of the molecule is COc1ccc(CN2CCN(C(=O)c3cc4c(C)cc(C)cc4[nH]3)CC2)c(OC)c1OC. The van der Waals surface area contributed by atoms with Crippen molar-refractivity contribution in [3.05, 3.63) is 52.7 Å². The first-order valence-electron chi connectivity index (χ1n) is 10.8. The first-order valence-corrected chi connectivity index (χ1v) is 10.8. The van der Waals surface area contributed by atoms with Crippen molar-refractivity contribution < 1.29 is 19.0 Å². The maximum Gasteiger partial charge on any atom is 0.270 e. The Labute approximate surface area is 188 Å². The molecule has 2 aromatic carbocycles. The fourth-order valence-corrected chi connectivity index (χ4v) is 4.52. The van der Waals surface area contributed by atoms with Gasteiger partial charge in [0, 0.05) is 49.2 Å². The molecule has 0 radical (unpaired) electrons. The summed E-state index contributed by atoms with van der Waals surface area (Å²) in [6, 6.07) is 10.1. The maximum absolute atomic E-state index is 13.1. The highest BCUT2D eigenvalue weighted by Gasteiger charge is 2.25. The van der Waals surface area contributed by atoms with Crippen LogP contribution in [-0.2, 0) is 6.54 Å². The van der Waals surface area contributed by atoms with Crippen LogP contribution in [0, 0.1) is 13.8 Å². The predicted octanol–water partition coefficient (Wildman–Crippen LogP) is 3.77. The van der Waals surface area contributed by atoms with Gasteiger partial charge in [0.15, 0.2) is 11.5 Å². The van der Waals surface area contributed by atoms with E-state index in [1.165, 1.54) is 11.1 Å². The van der Waals surface area contributed by atoms with Crippen molar-refractivity contribution in [3.63, 3.8) is 0 Å². The number of ether oxygens (including phenoxy) is 3. The molecule has 0 spiro atoms. The lowest BCUT2D eigenvalue weighted by atomic mass is 10.1. The van der Waals surface area contributed by atoms with Gasteiger partial charge >= 0.3 is 0 Å². The number of aryl methyl sites for hydroxylation is 2. The van der Waals surface area contributed by atoms with Gasteiger partial charge in [-0.15, -0.1) is 0 Å². The summed E-state index contributed by atoms with van der Waals surface area (Å²) in [5, 5.41) is 1.11. The molecule has 0 atom stereocenters. The Morgan fingerprint density at radius 2 is 1.66 bits per heavy atom. The number of rotatable bonds is 6. The smallest absolute Gasteiger partial charge is 0.270 e. The van der Waals surface area contributed by atoms with Crippen LogP contribution in [-0.4, -0.2) is 68.2 Å². The van der Waals surface area contributed by atoms with Gasteiger partial charge in [0.2, 0.25) is 5.75 Å². The van der Waals surface area contributed by atoms with E-state index in [-0.39, 0.29) is 5.91 Å². The Balaban J connectivity index is 1.44. The summed E-state index contributed by atoms with van der Waals surface area (Å²) in [5.74, 6) is 1.99. The molecule has 1 N–H and O–H groups in total. The second-order valence-corrected chi connectivity index (χ2v) is 8.29. The lowest BCUT2D eigenvalue weighted by Crippen LogP contribution is -2.48. The van der Waals surface area contributed by atoms with E-state index in [1.807, 2.05) is 23.1 Å². The molecule has 1 amide bonds. The predicted molar refractivity (Wildman–Crippen MR) is 125 cm³/mol. The van der Waals surface area contributed by atoms with Gasteiger partial charge in [-0.1, -0.05) is 12.1 Å². The van der Waals surface area contributed by atoms with E-state index in [9.17, 15) is 4.79 Å². The van der Waals surface area contributed by atoms with Crippen molar-refractivity contribution in [1.29, 1.82) is 0 Å². The molecule has 1 aliphatic rings. The van der Waals surface area contributed by atoms with Gasteiger partial charge in [-0.3, -0.25) is 9.69 Å². The van der Waals surface area contributed by atoms with E-state index in [1.54, 1.807) is 21.3 Å². The van der Waals surface area contributed by atoms with E-state index < -0.39 is 0 Å². The highest BCUT2D eigenvalue weighted by atomic mass is 16.5. The average molecular weight is 438 g/mol. The quantitative estimate of drug-likeness (QED) is 0.636. The Kier molecular flexibility index (Phi) is 6.28. The molecular formula is C25H31N3O4. The molecule has 1 saturated heterocycles. The van der Waals surface area contributed by atoms with Crippen molar-refractivity contribution in [2.75, 3.05) is 47.5 Å². The summed E-state index contributed by atoms with van der Waals surface area (Å²) in [6.07, 6.45) is 0. The van der Waals surface area contributed by atoms with E-state index in [0.29, 0.717) is 36.0 Å². The van der Waals surface area contributed by atoms with E-state index in [2.05, 4.69) is 35.9 Å². The van der Waals surface area contributed by atoms with Crippen molar-refractivity contribution >= 4 is 16.8 Å². The highest BCUT2D eigenvalue weighted by Crippen LogP contribution is 2.40. The summed E-state index contributed by atoms with van der Waals surface area (Å²) < 4.78 is 16.5. The molecule has 170 valence electrons. The number of carbonyl (C=O) groups excluding carboxylic acids is 1. The number of H-pyrrole nitrogens is 1. The number of nitrogens with one attached hydrogen (secondary N) is 1. The number of fused-ring (bicyclic) bond motifs is 1. The van der Waals surface area contributed by atoms with Gasteiger partial charge in [0.25, 0.3) is 5.91 Å². The Morgan fingerprint density at radius 3 is 2.31 bits per heavy atom. The van der Waals surface area contributed by atoms with Crippen LogP contribution in [0.25, 0.3) is 10.9 Å². The van der Waals surface area contributed by atoms with Gasteiger partial charge in [-0.2, -0.15) is 0 Å². The Morgan fingerprint density at radius 1 is 0.938 bits per heavy atom. The Hall–Kier alpha value is -3.19. The molecule has 4 rings (SSSR count). The van der Waals surface area contributed by atoms with Crippen LogP contribution in [0.3, 0.4) is 0 Å². The maximum atomic E-state index is 13.1. The number of aromatic amines is 1. The van der Waals surface area contributed by atoms with E-state index in [4.69, 9.17) is 14.2 Å². The molecule has 0 aliphatic carbocycles. The molecule has 7 heteroatoms. The second-order valence-electron chi connectivity index (χ2n) is 8.29. The minimum absolute atomic E-state index is 0.0570. The summed E-state index contributed by atoms with van der Waals surface area (Å²) in [5.41, 5.74) is 5.08.